The van der Waals surface area contributed by atoms with Crippen LogP contribution in [-0.2, 0) is 0 Å². The van der Waals surface area contributed by atoms with Crippen LogP contribution < -0.4 is 0 Å². The van der Waals surface area contributed by atoms with E-state index in [1.54, 1.807) is 0 Å². The fraction of sp³-hybridized carbons (Fsp3) is 1.00. The van der Waals surface area contributed by atoms with Crippen LogP contribution in [0.2, 0.25) is 0 Å². The van der Waals surface area contributed by atoms with Crippen molar-refractivity contribution in [3.05, 3.63) is 0 Å². The van der Waals surface area contributed by atoms with Crippen molar-refractivity contribution in [2.75, 3.05) is 11.5 Å². The SMILES string of the molecule is CC(C)CCC[C@@H](C)[C@H]1CC[C@H]2[C@@H]3CC[C@H]4C[C@@H](O)C5(C[C@]4(C)[C@H]3CC[C@]12C)SCCS5. The average molecular weight is 479 g/mol. The molecule has 0 amide bonds. The standard InChI is InChI=1S/C29H50OS2/c1-19(2)7-6-8-20(3)23-11-12-24-22-10-9-21-17-26(30)29(31-15-16-32-29)18-28(21,5)25(22)13-14-27(23,24)4/h19-26,30H,6-18H2,1-5H3/t20-,21+,22+,23-,24+,25+,26-,27-,28+/m1/s1. The summed E-state index contributed by atoms with van der Waals surface area (Å²) in [5, 5.41) is 11.2. The van der Waals surface area contributed by atoms with Crippen LogP contribution in [0.25, 0.3) is 0 Å². The molecule has 5 aliphatic rings. The second-order valence-electron chi connectivity index (χ2n) is 13.6. The van der Waals surface area contributed by atoms with Gasteiger partial charge in [0.25, 0.3) is 0 Å². The molecular formula is C29H50OS2. The third kappa shape index (κ3) is 3.85. The predicted octanol–water partition coefficient (Wildman–Crippen LogP) is 8.25. The van der Waals surface area contributed by atoms with Gasteiger partial charge in [-0.15, -0.1) is 23.5 Å². The average Bonchev–Trinajstić information content (AvgIpc) is 3.33. The number of thioether (sulfide) groups is 2. The van der Waals surface area contributed by atoms with Gasteiger partial charge >= 0.3 is 0 Å². The molecule has 184 valence electrons. The highest BCUT2D eigenvalue weighted by Gasteiger charge is 2.64. The van der Waals surface area contributed by atoms with E-state index in [0.717, 1.165) is 47.8 Å². The molecule has 1 aliphatic heterocycles. The van der Waals surface area contributed by atoms with Gasteiger partial charge in [0.1, 0.15) is 0 Å². The van der Waals surface area contributed by atoms with Gasteiger partial charge in [0.05, 0.1) is 10.2 Å². The number of hydrogen-bond acceptors (Lipinski definition) is 3. The van der Waals surface area contributed by atoms with Crippen molar-refractivity contribution in [2.24, 2.45) is 52.3 Å². The summed E-state index contributed by atoms with van der Waals surface area (Å²) in [6.07, 6.45) is 15.4. The molecule has 4 saturated carbocycles. The summed E-state index contributed by atoms with van der Waals surface area (Å²) in [4.78, 5) is 0. The molecule has 1 spiro atoms. The molecule has 5 fully saturated rings. The van der Waals surface area contributed by atoms with E-state index in [9.17, 15) is 5.11 Å². The van der Waals surface area contributed by atoms with Gasteiger partial charge in [-0.25, -0.2) is 0 Å². The van der Waals surface area contributed by atoms with Gasteiger partial charge in [-0.1, -0.05) is 53.9 Å². The van der Waals surface area contributed by atoms with Gasteiger partial charge in [-0.05, 0) is 104 Å². The zero-order valence-corrected chi connectivity index (χ0v) is 23.2. The molecule has 5 rings (SSSR count). The first-order chi connectivity index (χ1) is 15.2. The molecule has 4 aliphatic carbocycles. The lowest BCUT2D eigenvalue weighted by molar-refractivity contribution is -0.130. The van der Waals surface area contributed by atoms with Gasteiger partial charge in [0, 0.05) is 11.5 Å². The van der Waals surface area contributed by atoms with Crippen LogP contribution in [0.4, 0.5) is 0 Å². The Morgan fingerprint density at radius 2 is 1.59 bits per heavy atom. The number of rotatable bonds is 5. The van der Waals surface area contributed by atoms with Crippen molar-refractivity contribution in [2.45, 2.75) is 115 Å². The number of aliphatic hydroxyl groups is 1. The molecule has 3 heteroatoms. The molecule has 0 aromatic heterocycles. The smallest absolute Gasteiger partial charge is 0.0874 e. The lowest BCUT2D eigenvalue weighted by Gasteiger charge is -2.63. The van der Waals surface area contributed by atoms with E-state index < -0.39 is 0 Å². The van der Waals surface area contributed by atoms with E-state index in [-0.39, 0.29) is 10.2 Å². The normalized spacial score (nSPS) is 48.5. The van der Waals surface area contributed by atoms with Crippen LogP contribution >= 0.6 is 23.5 Å². The second kappa shape index (κ2) is 8.95. The highest BCUT2D eigenvalue weighted by atomic mass is 32.2. The molecule has 32 heavy (non-hydrogen) atoms. The lowest BCUT2D eigenvalue weighted by Crippen LogP contribution is -2.58. The Balaban J connectivity index is 1.33. The quantitative estimate of drug-likeness (QED) is 0.429. The Kier molecular flexibility index (Phi) is 6.81. The van der Waals surface area contributed by atoms with Crippen molar-refractivity contribution in [1.29, 1.82) is 0 Å². The van der Waals surface area contributed by atoms with Crippen molar-refractivity contribution >= 4 is 23.5 Å². The van der Waals surface area contributed by atoms with E-state index in [1.807, 2.05) is 0 Å². The van der Waals surface area contributed by atoms with Crippen LogP contribution in [0.15, 0.2) is 0 Å². The van der Waals surface area contributed by atoms with E-state index in [4.69, 9.17) is 0 Å². The number of fused-ring (bicyclic) bond motifs is 5. The topological polar surface area (TPSA) is 20.2 Å². The lowest BCUT2D eigenvalue weighted by atomic mass is 9.44. The first kappa shape index (κ1) is 24.4. The molecule has 0 radical (unpaired) electrons. The maximum absolute atomic E-state index is 11.2. The fourth-order valence-electron chi connectivity index (χ4n) is 10.1. The second-order valence-corrected chi connectivity index (χ2v) is 16.7. The van der Waals surface area contributed by atoms with E-state index >= 15 is 0 Å². The van der Waals surface area contributed by atoms with Crippen LogP contribution in [0.5, 0.6) is 0 Å². The fourth-order valence-corrected chi connectivity index (χ4v) is 13.7. The van der Waals surface area contributed by atoms with E-state index in [2.05, 4.69) is 58.1 Å². The first-order valence-corrected chi connectivity index (χ1v) is 16.1. The van der Waals surface area contributed by atoms with Gasteiger partial charge < -0.3 is 5.11 Å². The predicted molar refractivity (Wildman–Crippen MR) is 142 cm³/mol. The third-order valence-electron chi connectivity index (χ3n) is 11.7. The molecular weight excluding hydrogens is 428 g/mol. The molecule has 0 bridgehead atoms. The molecule has 0 aromatic carbocycles. The van der Waals surface area contributed by atoms with E-state index in [1.165, 1.54) is 75.7 Å². The molecule has 1 heterocycles. The third-order valence-corrected chi connectivity index (χ3v) is 15.3. The highest BCUT2D eigenvalue weighted by molar-refractivity contribution is 8.21. The van der Waals surface area contributed by atoms with Crippen molar-refractivity contribution in [3.63, 3.8) is 0 Å². The Bertz CT molecular complexity index is 672. The highest BCUT2D eigenvalue weighted by Crippen LogP contribution is 2.71. The number of aliphatic hydroxyl groups excluding tert-OH is 1. The van der Waals surface area contributed by atoms with Crippen LogP contribution in [-0.4, -0.2) is 26.8 Å². The molecule has 0 aromatic rings. The Morgan fingerprint density at radius 3 is 2.31 bits per heavy atom. The van der Waals surface area contributed by atoms with Gasteiger partial charge in [-0.2, -0.15) is 0 Å². The Morgan fingerprint density at radius 1 is 0.875 bits per heavy atom. The van der Waals surface area contributed by atoms with Crippen molar-refractivity contribution in [1.82, 2.24) is 0 Å². The minimum absolute atomic E-state index is 0.0777. The molecule has 1 N–H and O–H groups in total. The summed E-state index contributed by atoms with van der Waals surface area (Å²) in [5.41, 5.74) is 1.07. The van der Waals surface area contributed by atoms with Gasteiger partial charge in [0.15, 0.2) is 0 Å². The summed E-state index contributed by atoms with van der Waals surface area (Å²) in [6.45, 7) is 12.8. The Hall–Kier alpha value is 0.660. The maximum atomic E-state index is 11.2. The zero-order chi connectivity index (χ0) is 22.7. The minimum atomic E-state index is -0.0777. The van der Waals surface area contributed by atoms with Crippen LogP contribution in [0, 0.1) is 52.3 Å². The molecule has 1 nitrogen and oxygen atoms in total. The van der Waals surface area contributed by atoms with Crippen molar-refractivity contribution in [3.8, 4) is 0 Å². The molecule has 9 atom stereocenters. The van der Waals surface area contributed by atoms with Gasteiger partial charge in [-0.3, -0.25) is 0 Å². The van der Waals surface area contributed by atoms with E-state index in [0.29, 0.717) is 10.8 Å². The largest absolute Gasteiger partial charge is 0.391 e. The molecule has 0 unspecified atom stereocenters. The van der Waals surface area contributed by atoms with Crippen molar-refractivity contribution < 1.29 is 5.11 Å². The first-order valence-electron chi connectivity index (χ1n) is 14.2. The summed E-state index contributed by atoms with van der Waals surface area (Å²) in [5.74, 6) is 8.84. The van der Waals surface area contributed by atoms with Gasteiger partial charge in [0.2, 0.25) is 0 Å². The summed E-state index contributed by atoms with van der Waals surface area (Å²) >= 11 is 4.23. The summed E-state index contributed by atoms with van der Waals surface area (Å²) in [6, 6.07) is 0. The number of hydrogen-bond donors (Lipinski definition) is 1. The van der Waals surface area contributed by atoms with Crippen LogP contribution in [0.1, 0.15) is 105 Å². The molecule has 1 saturated heterocycles. The Labute approximate surface area is 207 Å². The van der Waals surface area contributed by atoms with Crippen LogP contribution in [0.3, 0.4) is 0 Å². The maximum Gasteiger partial charge on any atom is 0.0874 e. The summed E-state index contributed by atoms with van der Waals surface area (Å²) < 4.78 is 0.122. The monoisotopic (exact) mass is 478 g/mol. The summed E-state index contributed by atoms with van der Waals surface area (Å²) in [7, 11) is 0. The zero-order valence-electron chi connectivity index (χ0n) is 21.6. The minimum Gasteiger partial charge on any atom is -0.391 e.